The molecule has 1 aliphatic heterocycles. The lowest BCUT2D eigenvalue weighted by Gasteiger charge is -2.35. The Bertz CT molecular complexity index is 722. The third-order valence-electron chi connectivity index (χ3n) is 4.08. The maximum atomic E-state index is 13.2. The van der Waals surface area contributed by atoms with Crippen LogP contribution in [0.15, 0.2) is 47.5 Å². The molecular weight excluding hydrogens is 344 g/mol. The third-order valence-corrected chi connectivity index (χ3v) is 5.08. The van der Waals surface area contributed by atoms with Crippen LogP contribution in [0.3, 0.4) is 0 Å². The van der Waals surface area contributed by atoms with E-state index in [2.05, 4.69) is 9.88 Å². The summed E-state index contributed by atoms with van der Waals surface area (Å²) in [4.78, 5) is 21.3. The standard InChI is InChI=1S/C18H19F2N3OS/c19-15-5-4-14(13-16(15)20)25-12-6-18(24)23-10-8-22(9-11-23)17-3-1-2-7-21-17/h1-5,7,13H,6,8-12H2. The molecule has 2 aromatic rings. The summed E-state index contributed by atoms with van der Waals surface area (Å²) >= 11 is 1.36. The Morgan fingerprint density at radius 3 is 2.56 bits per heavy atom. The lowest BCUT2D eigenvalue weighted by Crippen LogP contribution is -2.49. The molecule has 0 aliphatic carbocycles. The fraction of sp³-hybridized carbons (Fsp3) is 0.333. The van der Waals surface area contributed by atoms with Gasteiger partial charge in [-0.25, -0.2) is 13.8 Å². The van der Waals surface area contributed by atoms with Crippen LogP contribution in [0.5, 0.6) is 0 Å². The number of hydrogen-bond donors (Lipinski definition) is 0. The molecule has 4 nitrogen and oxygen atoms in total. The van der Waals surface area contributed by atoms with Crippen LogP contribution in [-0.4, -0.2) is 47.7 Å². The number of anilines is 1. The third kappa shape index (κ3) is 4.69. The fourth-order valence-electron chi connectivity index (χ4n) is 2.71. The van der Waals surface area contributed by atoms with Gasteiger partial charge >= 0.3 is 0 Å². The number of hydrogen-bond acceptors (Lipinski definition) is 4. The Kier molecular flexibility index (Phi) is 5.86. The number of amides is 1. The second-order valence-corrected chi connectivity index (χ2v) is 6.90. The number of halogens is 2. The number of thioether (sulfide) groups is 1. The first-order valence-corrected chi connectivity index (χ1v) is 9.13. The Morgan fingerprint density at radius 2 is 1.88 bits per heavy atom. The Labute approximate surface area is 149 Å². The van der Waals surface area contributed by atoms with E-state index >= 15 is 0 Å². The van der Waals surface area contributed by atoms with Gasteiger partial charge in [-0.1, -0.05) is 6.07 Å². The number of aromatic nitrogens is 1. The van der Waals surface area contributed by atoms with Crippen molar-refractivity contribution in [2.45, 2.75) is 11.3 Å². The monoisotopic (exact) mass is 363 g/mol. The molecule has 0 N–H and O–H groups in total. The van der Waals surface area contributed by atoms with E-state index in [-0.39, 0.29) is 5.91 Å². The maximum Gasteiger partial charge on any atom is 0.223 e. The molecule has 1 amide bonds. The van der Waals surface area contributed by atoms with Gasteiger partial charge < -0.3 is 9.80 Å². The summed E-state index contributed by atoms with van der Waals surface area (Å²) in [5.74, 6) is -0.142. The first-order chi connectivity index (χ1) is 12.1. The van der Waals surface area contributed by atoms with Crippen molar-refractivity contribution in [3.63, 3.8) is 0 Å². The van der Waals surface area contributed by atoms with Gasteiger partial charge in [0.05, 0.1) is 0 Å². The molecule has 132 valence electrons. The van der Waals surface area contributed by atoms with Crippen molar-refractivity contribution in [3.8, 4) is 0 Å². The fourth-order valence-corrected chi connectivity index (χ4v) is 3.57. The molecule has 2 heterocycles. The largest absolute Gasteiger partial charge is 0.353 e. The second-order valence-electron chi connectivity index (χ2n) is 5.73. The van der Waals surface area contributed by atoms with Crippen molar-refractivity contribution < 1.29 is 13.6 Å². The Balaban J connectivity index is 1.43. The molecule has 0 saturated carbocycles. The molecule has 3 rings (SSSR count). The van der Waals surface area contributed by atoms with E-state index in [1.807, 2.05) is 23.1 Å². The first kappa shape index (κ1) is 17.7. The smallest absolute Gasteiger partial charge is 0.223 e. The zero-order valence-electron chi connectivity index (χ0n) is 13.7. The van der Waals surface area contributed by atoms with Crippen LogP contribution in [0.4, 0.5) is 14.6 Å². The molecule has 1 aliphatic rings. The SMILES string of the molecule is O=C(CCSc1ccc(F)c(F)c1)N1CCN(c2ccccn2)CC1. The van der Waals surface area contributed by atoms with Crippen LogP contribution < -0.4 is 4.90 Å². The summed E-state index contributed by atoms with van der Waals surface area (Å²) in [6, 6.07) is 9.60. The number of piperazine rings is 1. The van der Waals surface area contributed by atoms with Gasteiger partial charge in [-0.15, -0.1) is 11.8 Å². The zero-order chi connectivity index (χ0) is 17.6. The van der Waals surface area contributed by atoms with Crippen molar-refractivity contribution >= 4 is 23.5 Å². The number of benzene rings is 1. The highest BCUT2D eigenvalue weighted by Crippen LogP contribution is 2.21. The van der Waals surface area contributed by atoms with Gasteiger partial charge in [-0.05, 0) is 30.3 Å². The topological polar surface area (TPSA) is 36.4 Å². The van der Waals surface area contributed by atoms with Crippen LogP contribution in [0.1, 0.15) is 6.42 Å². The van der Waals surface area contributed by atoms with Crippen LogP contribution >= 0.6 is 11.8 Å². The van der Waals surface area contributed by atoms with Crippen molar-refractivity contribution in [2.24, 2.45) is 0 Å². The molecule has 0 spiro atoms. The molecule has 0 atom stereocenters. The van der Waals surface area contributed by atoms with E-state index in [9.17, 15) is 13.6 Å². The van der Waals surface area contributed by atoms with Gasteiger partial charge in [0, 0.05) is 49.4 Å². The number of nitrogens with zero attached hydrogens (tertiary/aromatic N) is 3. The van der Waals surface area contributed by atoms with Crippen molar-refractivity contribution in [2.75, 3.05) is 36.8 Å². The van der Waals surface area contributed by atoms with E-state index in [1.54, 1.807) is 6.20 Å². The first-order valence-electron chi connectivity index (χ1n) is 8.15. The number of carbonyl (C=O) groups excluding carboxylic acids is 1. The number of pyridine rings is 1. The summed E-state index contributed by atoms with van der Waals surface area (Å²) in [7, 11) is 0. The van der Waals surface area contributed by atoms with Crippen LogP contribution in [-0.2, 0) is 4.79 Å². The number of rotatable bonds is 5. The molecule has 0 bridgehead atoms. The molecule has 25 heavy (non-hydrogen) atoms. The van der Waals surface area contributed by atoms with Gasteiger partial charge in [-0.2, -0.15) is 0 Å². The van der Waals surface area contributed by atoms with E-state index < -0.39 is 11.6 Å². The summed E-state index contributed by atoms with van der Waals surface area (Å²) < 4.78 is 26.1. The van der Waals surface area contributed by atoms with Crippen LogP contribution in [0.25, 0.3) is 0 Å². The minimum Gasteiger partial charge on any atom is -0.353 e. The molecular formula is C18H19F2N3OS. The predicted octanol–water partition coefficient (Wildman–Crippen LogP) is 3.19. The molecule has 1 fully saturated rings. The predicted molar refractivity (Wildman–Crippen MR) is 94.7 cm³/mol. The minimum absolute atomic E-state index is 0.0933. The maximum absolute atomic E-state index is 13.2. The van der Waals surface area contributed by atoms with E-state index in [0.29, 0.717) is 30.2 Å². The molecule has 0 unspecified atom stereocenters. The van der Waals surface area contributed by atoms with E-state index in [0.717, 1.165) is 31.0 Å². The molecule has 0 radical (unpaired) electrons. The number of carbonyl (C=O) groups is 1. The van der Waals surface area contributed by atoms with Gasteiger partial charge in [0.2, 0.25) is 5.91 Å². The summed E-state index contributed by atoms with van der Waals surface area (Å²) in [5.41, 5.74) is 0. The van der Waals surface area contributed by atoms with Crippen molar-refractivity contribution in [1.29, 1.82) is 0 Å². The summed E-state index contributed by atoms with van der Waals surface area (Å²) in [6.07, 6.45) is 2.15. The Hall–Kier alpha value is -2.15. The molecule has 1 aromatic heterocycles. The average molecular weight is 363 g/mol. The molecule has 7 heteroatoms. The molecule has 1 aromatic carbocycles. The normalized spacial score (nSPS) is 14.6. The van der Waals surface area contributed by atoms with Crippen molar-refractivity contribution in [1.82, 2.24) is 9.88 Å². The molecule has 1 saturated heterocycles. The second kappa shape index (κ2) is 8.29. The van der Waals surface area contributed by atoms with Gasteiger partial charge in [0.15, 0.2) is 11.6 Å². The summed E-state index contributed by atoms with van der Waals surface area (Å²) in [5, 5.41) is 0. The highest BCUT2D eigenvalue weighted by Gasteiger charge is 2.21. The minimum atomic E-state index is -0.859. The quantitative estimate of drug-likeness (QED) is 0.765. The van der Waals surface area contributed by atoms with Crippen LogP contribution in [0.2, 0.25) is 0 Å². The highest BCUT2D eigenvalue weighted by molar-refractivity contribution is 7.99. The van der Waals surface area contributed by atoms with Crippen molar-refractivity contribution in [3.05, 3.63) is 54.2 Å². The van der Waals surface area contributed by atoms with Crippen LogP contribution in [0, 0.1) is 11.6 Å². The highest BCUT2D eigenvalue weighted by atomic mass is 32.2. The lowest BCUT2D eigenvalue weighted by molar-refractivity contribution is -0.131. The zero-order valence-corrected chi connectivity index (χ0v) is 14.5. The lowest BCUT2D eigenvalue weighted by atomic mass is 10.3. The van der Waals surface area contributed by atoms with E-state index in [1.165, 1.54) is 17.8 Å². The Morgan fingerprint density at radius 1 is 1.08 bits per heavy atom. The average Bonchev–Trinajstić information content (AvgIpc) is 2.65. The van der Waals surface area contributed by atoms with E-state index in [4.69, 9.17) is 0 Å². The van der Waals surface area contributed by atoms with Gasteiger partial charge in [0.25, 0.3) is 0 Å². The summed E-state index contributed by atoms with van der Waals surface area (Å²) in [6.45, 7) is 2.87. The van der Waals surface area contributed by atoms with Gasteiger partial charge in [-0.3, -0.25) is 4.79 Å². The van der Waals surface area contributed by atoms with Gasteiger partial charge in [0.1, 0.15) is 5.82 Å².